The minimum Gasteiger partial charge on any atom is -0.354 e. The fourth-order valence-electron chi connectivity index (χ4n) is 2.73. The summed E-state index contributed by atoms with van der Waals surface area (Å²) in [6.07, 6.45) is 1.84. The van der Waals surface area contributed by atoms with Crippen LogP contribution in [0.15, 0.2) is 12.3 Å². The number of nitrogens with zero attached hydrogens (tertiary/aromatic N) is 4. The Balaban J connectivity index is 1.93. The van der Waals surface area contributed by atoms with Crippen LogP contribution >= 0.6 is 0 Å². The van der Waals surface area contributed by atoms with Crippen LogP contribution < -0.4 is 10.2 Å². The van der Waals surface area contributed by atoms with E-state index in [0.717, 1.165) is 37.8 Å². The molecule has 1 unspecified atom stereocenters. The van der Waals surface area contributed by atoms with Gasteiger partial charge in [0, 0.05) is 44.3 Å². The second-order valence-electron chi connectivity index (χ2n) is 6.79. The third-order valence-electron chi connectivity index (χ3n) is 4.17. The molecular formula is C17H29N5O. The van der Waals surface area contributed by atoms with Crippen LogP contribution in [0, 0.1) is 0 Å². The number of aromatic nitrogens is 2. The maximum Gasteiger partial charge on any atom is 0.237 e. The van der Waals surface area contributed by atoms with E-state index in [4.69, 9.17) is 0 Å². The molecule has 1 aromatic rings. The highest BCUT2D eigenvalue weighted by Crippen LogP contribution is 2.17. The topological polar surface area (TPSA) is 61.4 Å². The van der Waals surface area contributed by atoms with Gasteiger partial charge in [0.15, 0.2) is 0 Å². The lowest BCUT2D eigenvalue weighted by atomic mass is 10.2. The number of rotatable bonds is 5. The maximum absolute atomic E-state index is 12.1. The molecule has 0 radical (unpaired) electrons. The molecule has 1 N–H and O–H groups in total. The second kappa shape index (κ2) is 7.73. The molecule has 0 spiro atoms. The van der Waals surface area contributed by atoms with Crippen LogP contribution in [0.3, 0.4) is 0 Å². The molecule has 1 amide bonds. The van der Waals surface area contributed by atoms with Crippen LogP contribution in [0.4, 0.5) is 5.82 Å². The van der Waals surface area contributed by atoms with Gasteiger partial charge in [-0.2, -0.15) is 0 Å². The van der Waals surface area contributed by atoms with E-state index < -0.39 is 0 Å². The molecule has 0 aliphatic carbocycles. The summed E-state index contributed by atoms with van der Waals surface area (Å²) >= 11 is 0. The number of nitrogens with one attached hydrogen (secondary N) is 1. The monoisotopic (exact) mass is 319 g/mol. The quantitative estimate of drug-likeness (QED) is 0.894. The van der Waals surface area contributed by atoms with Crippen molar-refractivity contribution in [2.45, 2.75) is 52.6 Å². The van der Waals surface area contributed by atoms with Crippen LogP contribution in [0.2, 0.25) is 0 Å². The molecule has 1 aromatic heterocycles. The largest absolute Gasteiger partial charge is 0.354 e. The molecule has 1 aliphatic heterocycles. The van der Waals surface area contributed by atoms with Crippen molar-refractivity contribution in [1.82, 2.24) is 20.2 Å². The van der Waals surface area contributed by atoms with Crippen LogP contribution in [0.1, 0.15) is 46.4 Å². The van der Waals surface area contributed by atoms with Gasteiger partial charge >= 0.3 is 0 Å². The smallest absolute Gasteiger partial charge is 0.237 e. The second-order valence-corrected chi connectivity index (χ2v) is 6.79. The molecule has 6 nitrogen and oxygen atoms in total. The maximum atomic E-state index is 12.1. The number of hydrogen-bond acceptors (Lipinski definition) is 5. The molecule has 2 rings (SSSR count). The van der Waals surface area contributed by atoms with Crippen molar-refractivity contribution in [1.29, 1.82) is 0 Å². The average Bonchev–Trinajstić information content (AvgIpc) is 2.53. The predicted octanol–water partition coefficient (Wildman–Crippen LogP) is 1.64. The molecule has 6 heteroatoms. The molecule has 0 saturated carbocycles. The lowest BCUT2D eigenvalue weighted by Crippen LogP contribution is -2.54. The van der Waals surface area contributed by atoms with E-state index in [-0.39, 0.29) is 18.0 Å². The molecule has 2 heterocycles. The molecule has 1 aliphatic rings. The molecule has 1 fully saturated rings. The van der Waals surface area contributed by atoms with E-state index in [1.165, 1.54) is 0 Å². The van der Waals surface area contributed by atoms with Gasteiger partial charge in [0.1, 0.15) is 11.6 Å². The van der Waals surface area contributed by atoms with Crippen molar-refractivity contribution < 1.29 is 4.79 Å². The summed E-state index contributed by atoms with van der Waals surface area (Å²) in [5.74, 6) is 2.31. The lowest BCUT2D eigenvalue weighted by molar-refractivity contribution is -0.126. The number of carbonyl (C=O) groups is 1. The lowest BCUT2D eigenvalue weighted by Gasteiger charge is -2.38. The molecule has 0 aromatic carbocycles. The number of anilines is 1. The number of carbonyl (C=O) groups excluding carboxylic acids is 1. The van der Waals surface area contributed by atoms with Crippen molar-refractivity contribution in [3.05, 3.63) is 18.1 Å². The highest BCUT2D eigenvalue weighted by Gasteiger charge is 2.26. The Morgan fingerprint density at radius 1 is 1.13 bits per heavy atom. The molecular weight excluding hydrogens is 290 g/mol. The van der Waals surface area contributed by atoms with Crippen LogP contribution in [0.25, 0.3) is 0 Å². The summed E-state index contributed by atoms with van der Waals surface area (Å²) in [5.41, 5.74) is 0. The Labute approximate surface area is 139 Å². The van der Waals surface area contributed by atoms with E-state index in [1.54, 1.807) is 0 Å². The number of hydrogen-bond donors (Lipinski definition) is 1. The highest BCUT2D eigenvalue weighted by molar-refractivity contribution is 5.81. The van der Waals surface area contributed by atoms with Crippen molar-refractivity contribution in [2.24, 2.45) is 0 Å². The Hall–Kier alpha value is -1.69. The van der Waals surface area contributed by atoms with Crippen molar-refractivity contribution in [3.63, 3.8) is 0 Å². The summed E-state index contributed by atoms with van der Waals surface area (Å²) in [6, 6.07) is 2.06. The standard InChI is InChI=1S/C17H29N5O/c1-12(2)16-18-7-6-15(20-16)22-10-8-21(9-11-22)14(5)17(23)19-13(3)4/h6-7,12-14H,8-11H2,1-5H3,(H,19,23). The Morgan fingerprint density at radius 3 is 2.35 bits per heavy atom. The summed E-state index contributed by atoms with van der Waals surface area (Å²) in [5, 5.41) is 2.99. The summed E-state index contributed by atoms with van der Waals surface area (Å²) in [6.45, 7) is 13.7. The van der Waals surface area contributed by atoms with Crippen LogP contribution in [-0.2, 0) is 4.79 Å². The fraction of sp³-hybridized carbons (Fsp3) is 0.706. The van der Waals surface area contributed by atoms with Gasteiger partial charge in [-0.05, 0) is 26.8 Å². The SMILES string of the molecule is CC(C)NC(=O)C(C)N1CCN(c2ccnc(C(C)C)n2)CC1. The van der Waals surface area contributed by atoms with Gasteiger partial charge in [-0.15, -0.1) is 0 Å². The number of amides is 1. The van der Waals surface area contributed by atoms with Gasteiger partial charge in [-0.1, -0.05) is 13.8 Å². The van der Waals surface area contributed by atoms with E-state index in [9.17, 15) is 4.79 Å². The predicted molar refractivity (Wildman–Crippen MR) is 92.6 cm³/mol. The third kappa shape index (κ3) is 4.64. The van der Waals surface area contributed by atoms with E-state index in [1.807, 2.05) is 33.0 Å². The minimum absolute atomic E-state index is 0.0869. The van der Waals surface area contributed by atoms with Gasteiger partial charge in [0.05, 0.1) is 6.04 Å². The first-order valence-corrected chi connectivity index (χ1v) is 8.50. The van der Waals surface area contributed by atoms with Crippen molar-refractivity contribution in [3.8, 4) is 0 Å². The Kier molecular flexibility index (Phi) is 5.93. The third-order valence-corrected chi connectivity index (χ3v) is 4.17. The van der Waals surface area contributed by atoms with E-state index in [0.29, 0.717) is 5.92 Å². The van der Waals surface area contributed by atoms with Gasteiger partial charge in [0.25, 0.3) is 0 Å². The summed E-state index contributed by atoms with van der Waals surface area (Å²) in [4.78, 5) is 25.6. The first-order chi connectivity index (χ1) is 10.9. The normalized spacial score (nSPS) is 17.6. The van der Waals surface area contributed by atoms with Crippen molar-refractivity contribution in [2.75, 3.05) is 31.1 Å². The van der Waals surface area contributed by atoms with Crippen LogP contribution in [0.5, 0.6) is 0 Å². The summed E-state index contributed by atoms with van der Waals surface area (Å²) < 4.78 is 0. The van der Waals surface area contributed by atoms with Gasteiger partial charge in [0.2, 0.25) is 5.91 Å². The van der Waals surface area contributed by atoms with Gasteiger partial charge < -0.3 is 10.2 Å². The summed E-state index contributed by atoms with van der Waals surface area (Å²) in [7, 11) is 0. The minimum atomic E-state index is -0.0869. The van der Waals surface area contributed by atoms with Crippen LogP contribution in [-0.4, -0.2) is 59.0 Å². The zero-order valence-corrected chi connectivity index (χ0v) is 14.9. The Morgan fingerprint density at radius 2 is 1.78 bits per heavy atom. The van der Waals surface area contributed by atoms with E-state index >= 15 is 0 Å². The molecule has 128 valence electrons. The first-order valence-electron chi connectivity index (χ1n) is 8.50. The molecule has 1 saturated heterocycles. The fourth-order valence-corrected chi connectivity index (χ4v) is 2.73. The van der Waals surface area contributed by atoms with Crippen molar-refractivity contribution >= 4 is 11.7 Å². The molecule has 0 bridgehead atoms. The zero-order valence-electron chi connectivity index (χ0n) is 14.9. The van der Waals surface area contributed by atoms with Gasteiger partial charge in [-0.3, -0.25) is 9.69 Å². The first kappa shape index (κ1) is 17.7. The van der Waals surface area contributed by atoms with E-state index in [2.05, 4.69) is 38.9 Å². The molecule has 23 heavy (non-hydrogen) atoms. The number of piperazine rings is 1. The average molecular weight is 319 g/mol. The zero-order chi connectivity index (χ0) is 17.0. The highest BCUT2D eigenvalue weighted by atomic mass is 16.2. The molecule has 1 atom stereocenters. The van der Waals surface area contributed by atoms with Gasteiger partial charge in [-0.25, -0.2) is 9.97 Å². The Bertz CT molecular complexity index is 523.